The molecule has 1 fully saturated rings. The fraction of sp³-hybridized carbons (Fsp3) is 0.700. The van der Waals surface area contributed by atoms with Gasteiger partial charge in [0.25, 0.3) is 0 Å². The fourth-order valence-corrected chi connectivity index (χ4v) is 1.36. The van der Waals surface area contributed by atoms with Gasteiger partial charge in [0.15, 0.2) is 0 Å². The van der Waals surface area contributed by atoms with E-state index in [-0.39, 0.29) is 5.97 Å². The standard InChI is InChI=1S/C10H17NO3/c1-3-14-10(12)8-9(2)11-4-6-13-7-5-11/h8H,3-7H2,1-2H3/b9-8-. The van der Waals surface area contributed by atoms with Crippen molar-refractivity contribution in [3.05, 3.63) is 11.8 Å². The SMILES string of the molecule is CCOC(=O)/C=C(/C)N1CCOCC1. The molecule has 0 aromatic heterocycles. The van der Waals surface area contributed by atoms with Gasteiger partial charge in [-0.05, 0) is 13.8 Å². The Labute approximate surface area is 84.5 Å². The van der Waals surface area contributed by atoms with Crippen LogP contribution >= 0.6 is 0 Å². The van der Waals surface area contributed by atoms with Crippen molar-refractivity contribution >= 4 is 5.97 Å². The summed E-state index contributed by atoms with van der Waals surface area (Å²) in [6.07, 6.45) is 1.54. The predicted octanol–water partition coefficient (Wildman–Crippen LogP) is 0.786. The van der Waals surface area contributed by atoms with Gasteiger partial charge in [0, 0.05) is 24.9 Å². The van der Waals surface area contributed by atoms with Gasteiger partial charge in [0.05, 0.1) is 19.8 Å². The second-order valence-electron chi connectivity index (χ2n) is 3.14. The molecule has 1 saturated heterocycles. The van der Waals surface area contributed by atoms with E-state index in [1.807, 2.05) is 6.92 Å². The maximum absolute atomic E-state index is 11.1. The highest BCUT2D eigenvalue weighted by Gasteiger charge is 2.11. The Bertz CT molecular complexity index is 219. The van der Waals surface area contributed by atoms with E-state index in [1.54, 1.807) is 6.92 Å². The van der Waals surface area contributed by atoms with Crippen LogP contribution in [-0.4, -0.2) is 43.8 Å². The number of esters is 1. The molecule has 1 aliphatic heterocycles. The van der Waals surface area contributed by atoms with Crippen LogP contribution in [0.3, 0.4) is 0 Å². The molecule has 0 bridgehead atoms. The van der Waals surface area contributed by atoms with Gasteiger partial charge in [-0.15, -0.1) is 0 Å². The topological polar surface area (TPSA) is 38.8 Å². The van der Waals surface area contributed by atoms with E-state index in [1.165, 1.54) is 6.08 Å². The summed E-state index contributed by atoms with van der Waals surface area (Å²) in [6.45, 7) is 7.30. The van der Waals surface area contributed by atoms with E-state index in [9.17, 15) is 4.79 Å². The van der Waals surface area contributed by atoms with E-state index in [0.717, 1.165) is 32.0 Å². The van der Waals surface area contributed by atoms with Gasteiger partial charge in [-0.3, -0.25) is 0 Å². The first-order chi connectivity index (χ1) is 6.74. The molecule has 0 saturated carbocycles. The number of carbonyl (C=O) groups is 1. The van der Waals surface area contributed by atoms with Crippen molar-refractivity contribution in [2.45, 2.75) is 13.8 Å². The van der Waals surface area contributed by atoms with Gasteiger partial charge in [-0.25, -0.2) is 4.79 Å². The summed E-state index contributed by atoms with van der Waals surface area (Å²) in [4.78, 5) is 13.3. The minimum atomic E-state index is -0.267. The van der Waals surface area contributed by atoms with Gasteiger partial charge in [0.1, 0.15) is 0 Å². The highest BCUT2D eigenvalue weighted by molar-refractivity contribution is 5.82. The van der Waals surface area contributed by atoms with E-state index >= 15 is 0 Å². The third-order valence-corrected chi connectivity index (χ3v) is 2.12. The predicted molar refractivity (Wildman–Crippen MR) is 52.8 cm³/mol. The van der Waals surface area contributed by atoms with Crippen molar-refractivity contribution < 1.29 is 14.3 Å². The highest BCUT2D eigenvalue weighted by atomic mass is 16.5. The van der Waals surface area contributed by atoms with Gasteiger partial charge in [-0.1, -0.05) is 0 Å². The van der Waals surface area contributed by atoms with Crippen molar-refractivity contribution in [2.75, 3.05) is 32.9 Å². The number of ether oxygens (including phenoxy) is 2. The van der Waals surface area contributed by atoms with E-state index in [2.05, 4.69) is 4.90 Å². The number of allylic oxidation sites excluding steroid dienone is 1. The number of rotatable bonds is 3. The van der Waals surface area contributed by atoms with Crippen molar-refractivity contribution in [1.29, 1.82) is 0 Å². The molecule has 1 heterocycles. The molecule has 1 aliphatic rings. The zero-order valence-corrected chi connectivity index (χ0v) is 8.78. The normalized spacial score (nSPS) is 18.1. The van der Waals surface area contributed by atoms with Crippen LogP contribution in [0.15, 0.2) is 11.8 Å². The first kappa shape index (κ1) is 11.0. The third kappa shape index (κ3) is 3.38. The monoisotopic (exact) mass is 199 g/mol. The molecule has 14 heavy (non-hydrogen) atoms. The average Bonchev–Trinajstić information content (AvgIpc) is 2.19. The average molecular weight is 199 g/mol. The number of hydrogen-bond acceptors (Lipinski definition) is 4. The van der Waals surface area contributed by atoms with Crippen molar-refractivity contribution in [3.8, 4) is 0 Å². The zero-order valence-electron chi connectivity index (χ0n) is 8.78. The molecule has 0 aromatic carbocycles. The molecule has 4 heteroatoms. The molecular formula is C10H17NO3. The summed E-state index contributed by atoms with van der Waals surface area (Å²) in [5.74, 6) is -0.267. The van der Waals surface area contributed by atoms with Crippen molar-refractivity contribution in [1.82, 2.24) is 4.90 Å². The second-order valence-corrected chi connectivity index (χ2v) is 3.14. The summed E-state index contributed by atoms with van der Waals surface area (Å²) in [5.41, 5.74) is 0.951. The Hall–Kier alpha value is -1.03. The lowest BCUT2D eigenvalue weighted by Gasteiger charge is -2.29. The van der Waals surface area contributed by atoms with Gasteiger partial charge < -0.3 is 14.4 Å². The molecule has 0 spiro atoms. The Balaban J connectivity index is 2.44. The smallest absolute Gasteiger partial charge is 0.332 e. The number of morpholine rings is 1. The lowest BCUT2D eigenvalue weighted by atomic mass is 10.3. The van der Waals surface area contributed by atoms with E-state index in [4.69, 9.17) is 9.47 Å². The van der Waals surface area contributed by atoms with Crippen LogP contribution in [0, 0.1) is 0 Å². The molecule has 0 radical (unpaired) electrons. The summed E-state index contributed by atoms with van der Waals surface area (Å²) >= 11 is 0. The first-order valence-corrected chi connectivity index (χ1v) is 4.91. The molecule has 0 N–H and O–H groups in total. The summed E-state index contributed by atoms with van der Waals surface area (Å²) in [6, 6.07) is 0. The molecular weight excluding hydrogens is 182 g/mol. The van der Waals surface area contributed by atoms with Crippen LogP contribution < -0.4 is 0 Å². The molecule has 4 nitrogen and oxygen atoms in total. The summed E-state index contributed by atoms with van der Waals surface area (Å²) in [7, 11) is 0. The molecule has 0 aromatic rings. The van der Waals surface area contributed by atoms with Crippen LogP contribution in [0.1, 0.15) is 13.8 Å². The Morgan fingerprint density at radius 2 is 2.14 bits per heavy atom. The van der Waals surface area contributed by atoms with Crippen LogP contribution in [0.25, 0.3) is 0 Å². The molecule has 0 unspecified atom stereocenters. The van der Waals surface area contributed by atoms with Crippen LogP contribution in [0.2, 0.25) is 0 Å². The minimum Gasteiger partial charge on any atom is -0.463 e. The maximum Gasteiger partial charge on any atom is 0.332 e. The quantitative estimate of drug-likeness (QED) is 0.497. The molecule has 80 valence electrons. The minimum absolute atomic E-state index is 0.267. The van der Waals surface area contributed by atoms with E-state index < -0.39 is 0 Å². The van der Waals surface area contributed by atoms with Crippen LogP contribution in [0.4, 0.5) is 0 Å². The van der Waals surface area contributed by atoms with Crippen molar-refractivity contribution in [2.24, 2.45) is 0 Å². The fourth-order valence-electron chi connectivity index (χ4n) is 1.36. The van der Waals surface area contributed by atoms with Gasteiger partial charge >= 0.3 is 5.97 Å². The van der Waals surface area contributed by atoms with E-state index in [0.29, 0.717) is 6.61 Å². The largest absolute Gasteiger partial charge is 0.463 e. The summed E-state index contributed by atoms with van der Waals surface area (Å²) < 4.78 is 10.0. The molecule has 0 atom stereocenters. The summed E-state index contributed by atoms with van der Waals surface area (Å²) in [5, 5.41) is 0. The van der Waals surface area contributed by atoms with Crippen molar-refractivity contribution in [3.63, 3.8) is 0 Å². The van der Waals surface area contributed by atoms with Gasteiger partial charge in [0.2, 0.25) is 0 Å². The van der Waals surface area contributed by atoms with Gasteiger partial charge in [-0.2, -0.15) is 0 Å². The number of hydrogen-bond donors (Lipinski definition) is 0. The Morgan fingerprint density at radius 1 is 1.50 bits per heavy atom. The first-order valence-electron chi connectivity index (χ1n) is 4.91. The Morgan fingerprint density at radius 3 is 2.71 bits per heavy atom. The highest BCUT2D eigenvalue weighted by Crippen LogP contribution is 2.06. The lowest BCUT2D eigenvalue weighted by molar-refractivity contribution is -0.137. The Kier molecular flexibility index (Phi) is 4.46. The third-order valence-electron chi connectivity index (χ3n) is 2.12. The molecule has 0 amide bonds. The van der Waals surface area contributed by atoms with Crippen LogP contribution in [-0.2, 0) is 14.3 Å². The molecule has 1 rings (SSSR count). The number of nitrogens with zero attached hydrogens (tertiary/aromatic N) is 1. The molecule has 0 aliphatic carbocycles. The maximum atomic E-state index is 11.1. The van der Waals surface area contributed by atoms with Crippen LogP contribution in [0.5, 0.6) is 0 Å². The number of carbonyl (C=O) groups excluding carboxylic acids is 1. The second kappa shape index (κ2) is 5.65. The lowest BCUT2D eigenvalue weighted by Crippen LogP contribution is -2.35. The zero-order chi connectivity index (χ0) is 10.4.